The molecule has 0 spiro atoms. The molecule has 2 rings (SSSR count). The summed E-state index contributed by atoms with van der Waals surface area (Å²) in [7, 11) is -4.00. The molecule has 0 heterocycles. The molecule has 0 radical (unpaired) electrons. The van der Waals surface area contributed by atoms with Crippen molar-refractivity contribution in [3.05, 3.63) is 57.6 Å². The van der Waals surface area contributed by atoms with Gasteiger partial charge in [0.2, 0.25) is 0 Å². The van der Waals surface area contributed by atoms with Crippen molar-refractivity contribution in [2.45, 2.75) is 18.2 Å². The van der Waals surface area contributed by atoms with Crippen LogP contribution in [-0.2, 0) is 10.0 Å². The number of rotatable bonds is 7. The van der Waals surface area contributed by atoms with E-state index in [-0.39, 0.29) is 15.6 Å². The first-order chi connectivity index (χ1) is 11.3. The summed E-state index contributed by atoms with van der Waals surface area (Å²) >= 11 is 5.79. The number of nitrogens with one attached hydrogen (secondary N) is 1. The van der Waals surface area contributed by atoms with Crippen LogP contribution in [-0.4, -0.2) is 19.9 Å². The van der Waals surface area contributed by atoms with Crippen LogP contribution in [0, 0.1) is 10.1 Å². The lowest BCUT2D eigenvalue weighted by atomic mass is 10.2. The number of nitrogens with zero attached hydrogens (tertiary/aromatic N) is 1. The van der Waals surface area contributed by atoms with Crippen molar-refractivity contribution in [1.82, 2.24) is 0 Å². The molecule has 0 amide bonds. The Morgan fingerprint density at radius 2 is 2.00 bits per heavy atom. The van der Waals surface area contributed by atoms with Gasteiger partial charge in [-0.3, -0.25) is 14.8 Å². The summed E-state index contributed by atoms with van der Waals surface area (Å²) in [6, 6.07) is 9.57. The van der Waals surface area contributed by atoms with Gasteiger partial charge in [0.25, 0.3) is 15.7 Å². The van der Waals surface area contributed by atoms with Crippen LogP contribution in [0.3, 0.4) is 0 Å². The van der Waals surface area contributed by atoms with E-state index in [0.717, 1.165) is 6.42 Å². The Morgan fingerprint density at radius 1 is 1.25 bits per heavy atom. The highest BCUT2D eigenvalue weighted by atomic mass is 35.5. The molecule has 9 heteroatoms. The molecule has 0 aliphatic carbocycles. The second kappa shape index (κ2) is 7.50. The van der Waals surface area contributed by atoms with Crippen molar-refractivity contribution >= 4 is 33.0 Å². The van der Waals surface area contributed by atoms with Crippen molar-refractivity contribution in [3.8, 4) is 5.75 Å². The Bertz CT molecular complexity index is 855. The second-order valence-electron chi connectivity index (χ2n) is 4.85. The summed E-state index contributed by atoms with van der Waals surface area (Å²) in [5.74, 6) is 0.300. The van der Waals surface area contributed by atoms with E-state index in [4.69, 9.17) is 16.3 Å². The number of ether oxygens (including phenoxy) is 1. The van der Waals surface area contributed by atoms with Crippen LogP contribution in [0.2, 0.25) is 5.02 Å². The summed E-state index contributed by atoms with van der Waals surface area (Å²) < 4.78 is 32.3. The summed E-state index contributed by atoms with van der Waals surface area (Å²) in [5.41, 5.74) is -0.543. The van der Waals surface area contributed by atoms with E-state index >= 15 is 0 Å². The van der Waals surface area contributed by atoms with Gasteiger partial charge in [-0.05, 0) is 36.8 Å². The lowest BCUT2D eigenvalue weighted by Gasteiger charge is -2.10. The number of nitro benzene ring substituents is 1. The average Bonchev–Trinajstić information content (AvgIpc) is 2.53. The molecule has 0 bridgehead atoms. The Hall–Kier alpha value is -2.32. The van der Waals surface area contributed by atoms with Gasteiger partial charge in [0.15, 0.2) is 0 Å². The lowest BCUT2D eigenvalue weighted by molar-refractivity contribution is -0.384. The smallest absolute Gasteiger partial charge is 0.297 e. The lowest BCUT2D eigenvalue weighted by Crippen LogP contribution is -2.14. The molecule has 0 saturated heterocycles. The molecule has 0 unspecified atom stereocenters. The zero-order valence-electron chi connectivity index (χ0n) is 12.7. The van der Waals surface area contributed by atoms with Crippen molar-refractivity contribution < 1.29 is 18.1 Å². The molecule has 2 aromatic carbocycles. The van der Waals surface area contributed by atoms with Crippen LogP contribution in [0.4, 0.5) is 11.4 Å². The van der Waals surface area contributed by atoms with Crippen molar-refractivity contribution in [2.75, 3.05) is 11.3 Å². The molecule has 0 aliphatic heterocycles. The van der Waals surface area contributed by atoms with E-state index in [2.05, 4.69) is 4.72 Å². The molecule has 0 saturated carbocycles. The standard InChI is InChI=1S/C15H15ClN2O5S/c1-2-8-23-12-6-7-14(15(10-12)18(19)20)17-24(21,22)13-5-3-4-11(16)9-13/h3-7,9-10,17H,2,8H2,1H3. The van der Waals surface area contributed by atoms with Gasteiger partial charge in [-0.15, -0.1) is 0 Å². The molecule has 0 aromatic heterocycles. The van der Waals surface area contributed by atoms with E-state index in [9.17, 15) is 18.5 Å². The number of nitro groups is 1. The highest BCUT2D eigenvalue weighted by molar-refractivity contribution is 7.92. The molecule has 2 aromatic rings. The zero-order valence-corrected chi connectivity index (χ0v) is 14.3. The molecule has 0 atom stereocenters. The fraction of sp³-hybridized carbons (Fsp3) is 0.200. The van der Waals surface area contributed by atoms with Crippen LogP contribution in [0.15, 0.2) is 47.4 Å². The quantitative estimate of drug-likeness (QED) is 0.589. The van der Waals surface area contributed by atoms with E-state index in [1.807, 2.05) is 6.92 Å². The van der Waals surface area contributed by atoms with Crippen molar-refractivity contribution in [3.63, 3.8) is 0 Å². The Morgan fingerprint density at radius 3 is 2.62 bits per heavy atom. The Balaban J connectivity index is 2.36. The number of benzene rings is 2. The molecule has 0 fully saturated rings. The van der Waals surface area contributed by atoms with Gasteiger partial charge in [0.1, 0.15) is 11.4 Å². The second-order valence-corrected chi connectivity index (χ2v) is 6.97. The normalized spacial score (nSPS) is 11.1. The zero-order chi connectivity index (χ0) is 17.7. The van der Waals surface area contributed by atoms with Gasteiger partial charge in [-0.1, -0.05) is 24.6 Å². The SMILES string of the molecule is CCCOc1ccc(NS(=O)(=O)c2cccc(Cl)c2)c([N+](=O)[O-])c1. The third-order valence-electron chi connectivity index (χ3n) is 2.99. The van der Waals surface area contributed by atoms with Crippen molar-refractivity contribution in [1.29, 1.82) is 0 Å². The number of sulfonamides is 1. The predicted octanol–water partition coefficient (Wildman–Crippen LogP) is 3.84. The number of hydrogen-bond donors (Lipinski definition) is 1. The van der Waals surface area contributed by atoms with E-state index < -0.39 is 20.6 Å². The van der Waals surface area contributed by atoms with Gasteiger partial charge in [0, 0.05) is 5.02 Å². The highest BCUT2D eigenvalue weighted by Crippen LogP contribution is 2.31. The maximum Gasteiger partial charge on any atom is 0.297 e. The number of anilines is 1. The fourth-order valence-electron chi connectivity index (χ4n) is 1.90. The minimum Gasteiger partial charge on any atom is -0.493 e. The fourth-order valence-corrected chi connectivity index (χ4v) is 3.27. The average molecular weight is 371 g/mol. The predicted molar refractivity (Wildman–Crippen MR) is 91.1 cm³/mol. The van der Waals surface area contributed by atoms with Gasteiger partial charge < -0.3 is 4.74 Å². The first kappa shape index (κ1) is 18.0. The molecular weight excluding hydrogens is 356 g/mol. The van der Waals surface area contributed by atoms with E-state index in [0.29, 0.717) is 12.4 Å². The summed E-state index contributed by atoms with van der Waals surface area (Å²) in [5, 5.41) is 11.5. The third kappa shape index (κ3) is 4.36. The van der Waals surface area contributed by atoms with E-state index in [1.165, 1.54) is 42.5 Å². The summed E-state index contributed by atoms with van der Waals surface area (Å²) in [6.07, 6.45) is 0.747. The van der Waals surface area contributed by atoms with Crippen LogP contribution >= 0.6 is 11.6 Å². The maximum atomic E-state index is 12.4. The summed E-state index contributed by atoms with van der Waals surface area (Å²) in [4.78, 5) is 10.5. The molecule has 128 valence electrons. The maximum absolute atomic E-state index is 12.4. The molecule has 24 heavy (non-hydrogen) atoms. The number of halogens is 1. The minimum absolute atomic E-state index is 0.0874. The molecule has 1 N–H and O–H groups in total. The van der Waals surface area contributed by atoms with Gasteiger partial charge in [0.05, 0.1) is 22.5 Å². The molecule has 0 aliphatic rings. The van der Waals surface area contributed by atoms with Crippen LogP contribution in [0.1, 0.15) is 13.3 Å². The Kier molecular flexibility index (Phi) is 5.63. The van der Waals surface area contributed by atoms with Gasteiger partial charge in [-0.2, -0.15) is 0 Å². The van der Waals surface area contributed by atoms with Gasteiger partial charge in [-0.25, -0.2) is 8.42 Å². The van der Waals surface area contributed by atoms with Crippen LogP contribution in [0.5, 0.6) is 5.75 Å². The van der Waals surface area contributed by atoms with Gasteiger partial charge >= 0.3 is 0 Å². The summed E-state index contributed by atoms with van der Waals surface area (Å²) in [6.45, 7) is 2.31. The van der Waals surface area contributed by atoms with E-state index in [1.54, 1.807) is 0 Å². The van der Waals surface area contributed by atoms with Crippen LogP contribution < -0.4 is 9.46 Å². The first-order valence-corrected chi connectivity index (χ1v) is 8.89. The number of hydrogen-bond acceptors (Lipinski definition) is 5. The highest BCUT2D eigenvalue weighted by Gasteiger charge is 2.22. The largest absolute Gasteiger partial charge is 0.493 e. The Labute approximate surface area is 144 Å². The van der Waals surface area contributed by atoms with Crippen LogP contribution in [0.25, 0.3) is 0 Å². The van der Waals surface area contributed by atoms with Crippen molar-refractivity contribution in [2.24, 2.45) is 0 Å². The molecule has 7 nitrogen and oxygen atoms in total. The monoisotopic (exact) mass is 370 g/mol. The third-order valence-corrected chi connectivity index (χ3v) is 4.59. The molecular formula is C15H15ClN2O5S. The topological polar surface area (TPSA) is 98.5 Å². The first-order valence-electron chi connectivity index (χ1n) is 7.03. The minimum atomic E-state index is -4.00.